The average molecular weight is 302 g/mol. The Morgan fingerprint density at radius 2 is 2.16 bits per heavy atom. The van der Waals surface area contributed by atoms with E-state index in [1.807, 2.05) is 6.92 Å². The Balaban J connectivity index is 1.94. The van der Waals surface area contributed by atoms with Gasteiger partial charge in [0.15, 0.2) is 0 Å². The molecular weight excluding hydrogens is 285 g/mol. The van der Waals surface area contributed by atoms with Crippen LogP contribution in [0.3, 0.4) is 0 Å². The zero-order chi connectivity index (χ0) is 13.8. The predicted molar refractivity (Wildman–Crippen MR) is 76.9 cm³/mol. The highest BCUT2D eigenvalue weighted by molar-refractivity contribution is 6.35. The molecular formula is C13H17Cl2N3O. The summed E-state index contributed by atoms with van der Waals surface area (Å²) in [6.45, 7) is 5.08. The van der Waals surface area contributed by atoms with Crippen molar-refractivity contribution in [3.8, 4) is 0 Å². The molecule has 19 heavy (non-hydrogen) atoms. The van der Waals surface area contributed by atoms with Gasteiger partial charge >= 0.3 is 0 Å². The van der Waals surface area contributed by atoms with Gasteiger partial charge in [0.25, 0.3) is 5.91 Å². The molecule has 0 spiro atoms. The Bertz CT molecular complexity index is 461. The maximum Gasteiger partial charge on any atom is 0.253 e. The smallest absolute Gasteiger partial charge is 0.253 e. The van der Waals surface area contributed by atoms with Crippen LogP contribution in [0.15, 0.2) is 12.3 Å². The monoisotopic (exact) mass is 301 g/mol. The topological polar surface area (TPSA) is 45.2 Å². The predicted octanol–water partition coefficient (Wildman–Crippen LogP) is 2.60. The SMILES string of the molecule is CC(CN1CCCC1)NC(=O)c1cc(Cl)ncc1Cl. The van der Waals surface area contributed by atoms with E-state index in [1.165, 1.54) is 25.1 Å². The number of aromatic nitrogens is 1. The number of pyridine rings is 1. The van der Waals surface area contributed by atoms with E-state index < -0.39 is 0 Å². The Labute approximate surface area is 123 Å². The van der Waals surface area contributed by atoms with Crippen molar-refractivity contribution in [1.82, 2.24) is 15.2 Å². The Hall–Kier alpha value is -0.840. The van der Waals surface area contributed by atoms with Gasteiger partial charge in [-0.1, -0.05) is 23.2 Å². The number of hydrogen-bond acceptors (Lipinski definition) is 3. The molecule has 1 aliphatic rings. The van der Waals surface area contributed by atoms with Gasteiger partial charge < -0.3 is 10.2 Å². The minimum Gasteiger partial charge on any atom is -0.348 e. The van der Waals surface area contributed by atoms with Crippen molar-refractivity contribution in [2.75, 3.05) is 19.6 Å². The van der Waals surface area contributed by atoms with Crippen LogP contribution in [0.2, 0.25) is 10.2 Å². The van der Waals surface area contributed by atoms with E-state index in [1.54, 1.807) is 0 Å². The van der Waals surface area contributed by atoms with Crippen molar-refractivity contribution >= 4 is 29.1 Å². The van der Waals surface area contributed by atoms with Crippen LogP contribution in [-0.4, -0.2) is 41.5 Å². The van der Waals surface area contributed by atoms with E-state index in [-0.39, 0.29) is 17.1 Å². The molecule has 4 nitrogen and oxygen atoms in total. The number of halogens is 2. The van der Waals surface area contributed by atoms with Gasteiger partial charge in [-0.2, -0.15) is 0 Å². The molecule has 6 heteroatoms. The summed E-state index contributed by atoms with van der Waals surface area (Å²) >= 11 is 11.7. The number of nitrogens with zero attached hydrogens (tertiary/aromatic N) is 2. The summed E-state index contributed by atoms with van der Waals surface area (Å²) in [5.74, 6) is -0.207. The van der Waals surface area contributed by atoms with Gasteiger partial charge in [-0.05, 0) is 38.9 Å². The molecule has 1 aromatic heterocycles. The standard InChI is InChI=1S/C13H17Cl2N3O/c1-9(8-18-4-2-3-5-18)17-13(19)10-6-12(15)16-7-11(10)14/h6-7,9H,2-5,8H2,1H3,(H,17,19). The first-order valence-electron chi connectivity index (χ1n) is 6.40. The molecule has 1 unspecified atom stereocenters. The molecule has 1 amide bonds. The maximum atomic E-state index is 12.1. The third-order valence-electron chi connectivity index (χ3n) is 3.17. The molecule has 2 rings (SSSR count). The molecule has 1 aliphatic heterocycles. The van der Waals surface area contributed by atoms with E-state index in [4.69, 9.17) is 23.2 Å². The van der Waals surface area contributed by atoms with E-state index in [0.717, 1.165) is 19.6 Å². The molecule has 1 aromatic rings. The Morgan fingerprint density at radius 3 is 2.84 bits per heavy atom. The fourth-order valence-corrected chi connectivity index (χ4v) is 2.63. The minimum atomic E-state index is -0.207. The highest BCUT2D eigenvalue weighted by Crippen LogP contribution is 2.18. The lowest BCUT2D eigenvalue weighted by molar-refractivity contribution is 0.0932. The summed E-state index contributed by atoms with van der Waals surface area (Å²) in [6, 6.07) is 1.57. The minimum absolute atomic E-state index is 0.0774. The fourth-order valence-electron chi connectivity index (χ4n) is 2.29. The third-order valence-corrected chi connectivity index (χ3v) is 3.68. The number of amides is 1. The van der Waals surface area contributed by atoms with Gasteiger partial charge in [0, 0.05) is 18.8 Å². The van der Waals surface area contributed by atoms with Crippen molar-refractivity contribution in [3.63, 3.8) is 0 Å². The molecule has 0 saturated carbocycles. The lowest BCUT2D eigenvalue weighted by Crippen LogP contribution is -2.41. The molecule has 2 heterocycles. The number of carbonyl (C=O) groups is 1. The van der Waals surface area contributed by atoms with Gasteiger partial charge in [-0.15, -0.1) is 0 Å². The molecule has 0 aromatic carbocycles. The second-order valence-corrected chi connectivity index (χ2v) is 5.66. The van der Waals surface area contributed by atoms with Crippen molar-refractivity contribution in [2.45, 2.75) is 25.8 Å². The van der Waals surface area contributed by atoms with Crippen LogP contribution >= 0.6 is 23.2 Å². The van der Waals surface area contributed by atoms with Crippen LogP contribution in [0.4, 0.5) is 0 Å². The summed E-state index contributed by atoms with van der Waals surface area (Å²) in [5, 5.41) is 3.52. The summed E-state index contributed by atoms with van der Waals surface area (Å²) in [4.78, 5) is 18.3. The lowest BCUT2D eigenvalue weighted by atomic mass is 10.2. The molecule has 104 valence electrons. The number of rotatable bonds is 4. The van der Waals surface area contributed by atoms with Gasteiger partial charge in [-0.25, -0.2) is 4.98 Å². The van der Waals surface area contributed by atoms with Crippen molar-refractivity contribution in [1.29, 1.82) is 0 Å². The van der Waals surface area contributed by atoms with Gasteiger partial charge in [-0.3, -0.25) is 4.79 Å². The van der Waals surface area contributed by atoms with Gasteiger partial charge in [0.1, 0.15) is 5.15 Å². The quantitative estimate of drug-likeness (QED) is 0.870. The van der Waals surface area contributed by atoms with Crippen LogP contribution in [0.25, 0.3) is 0 Å². The van der Waals surface area contributed by atoms with Gasteiger partial charge in [0.2, 0.25) is 0 Å². The second kappa shape index (κ2) is 6.55. The molecule has 0 aliphatic carbocycles. The number of likely N-dealkylation sites (tertiary alicyclic amines) is 1. The second-order valence-electron chi connectivity index (χ2n) is 4.87. The highest BCUT2D eigenvalue weighted by Gasteiger charge is 2.18. The first-order valence-corrected chi connectivity index (χ1v) is 7.16. The van der Waals surface area contributed by atoms with E-state index >= 15 is 0 Å². The number of nitrogens with one attached hydrogen (secondary N) is 1. The molecule has 1 saturated heterocycles. The Morgan fingerprint density at radius 1 is 1.47 bits per heavy atom. The molecule has 1 fully saturated rings. The average Bonchev–Trinajstić information content (AvgIpc) is 2.84. The van der Waals surface area contributed by atoms with Crippen LogP contribution in [0.1, 0.15) is 30.1 Å². The van der Waals surface area contributed by atoms with Crippen molar-refractivity contribution < 1.29 is 4.79 Å². The number of carbonyl (C=O) groups excluding carboxylic acids is 1. The summed E-state index contributed by atoms with van der Waals surface area (Å²) in [6.07, 6.45) is 3.88. The molecule has 0 bridgehead atoms. The number of hydrogen-bond donors (Lipinski definition) is 1. The summed E-state index contributed by atoms with van der Waals surface area (Å²) < 4.78 is 0. The van der Waals surface area contributed by atoms with E-state index in [9.17, 15) is 4.79 Å². The van der Waals surface area contributed by atoms with Crippen LogP contribution in [-0.2, 0) is 0 Å². The van der Waals surface area contributed by atoms with Crippen molar-refractivity contribution in [3.05, 3.63) is 28.0 Å². The zero-order valence-electron chi connectivity index (χ0n) is 10.8. The third kappa shape index (κ3) is 4.06. The highest BCUT2D eigenvalue weighted by atomic mass is 35.5. The molecule has 0 radical (unpaired) electrons. The van der Waals surface area contributed by atoms with Gasteiger partial charge in [0.05, 0.1) is 10.6 Å². The normalized spacial score (nSPS) is 17.4. The van der Waals surface area contributed by atoms with E-state index in [2.05, 4.69) is 15.2 Å². The van der Waals surface area contributed by atoms with Crippen molar-refractivity contribution in [2.24, 2.45) is 0 Å². The van der Waals surface area contributed by atoms with Crippen LogP contribution < -0.4 is 5.32 Å². The maximum absolute atomic E-state index is 12.1. The fraction of sp³-hybridized carbons (Fsp3) is 0.538. The first kappa shape index (κ1) is 14.6. The van der Waals surface area contributed by atoms with Crippen LogP contribution in [0, 0.1) is 0 Å². The zero-order valence-corrected chi connectivity index (χ0v) is 12.3. The molecule has 1 atom stereocenters. The lowest BCUT2D eigenvalue weighted by Gasteiger charge is -2.21. The van der Waals surface area contributed by atoms with E-state index in [0.29, 0.717) is 10.6 Å². The van der Waals surface area contributed by atoms with Crippen LogP contribution in [0.5, 0.6) is 0 Å². The Kier molecular flexibility index (Phi) is 5.02. The summed E-state index contributed by atoms with van der Waals surface area (Å²) in [5.41, 5.74) is 0.370. The largest absolute Gasteiger partial charge is 0.348 e. The summed E-state index contributed by atoms with van der Waals surface area (Å²) in [7, 11) is 0. The first-order chi connectivity index (χ1) is 9.06. The molecule has 1 N–H and O–H groups in total.